The van der Waals surface area contributed by atoms with Crippen molar-refractivity contribution >= 4 is 11.6 Å². The zero-order valence-corrected chi connectivity index (χ0v) is 10.9. The Bertz CT molecular complexity index is 549. The largest absolute Gasteiger partial charge is 0.325 e. The van der Waals surface area contributed by atoms with Crippen LogP contribution in [0.3, 0.4) is 0 Å². The summed E-state index contributed by atoms with van der Waals surface area (Å²) < 4.78 is 0. The van der Waals surface area contributed by atoms with Crippen LogP contribution in [0, 0.1) is 6.92 Å². The molecule has 5 heteroatoms. The summed E-state index contributed by atoms with van der Waals surface area (Å²) in [5.74, 6) is 2.38. The van der Waals surface area contributed by atoms with Gasteiger partial charge in [0.25, 0.3) is 0 Å². The molecule has 1 atom stereocenters. The molecule has 98 valence electrons. The summed E-state index contributed by atoms with van der Waals surface area (Å²) in [6.07, 6.45) is 4.10. The molecule has 1 saturated heterocycles. The van der Waals surface area contributed by atoms with Crippen LogP contribution in [-0.4, -0.2) is 21.5 Å². The van der Waals surface area contributed by atoms with Gasteiger partial charge in [-0.25, -0.2) is 15.0 Å². The number of aromatic nitrogens is 3. The van der Waals surface area contributed by atoms with E-state index in [0.717, 1.165) is 36.1 Å². The molecule has 19 heavy (non-hydrogen) atoms. The Morgan fingerprint density at radius 1 is 1.26 bits per heavy atom. The van der Waals surface area contributed by atoms with Crippen LogP contribution in [0.4, 0.5) is 11.6 Å². The second-order valence-corrected chi connectivity index (χ2v) is 4.71. The van der Waals surface area contributed by atoms with E-state index in [0.29, 0.717) is 6.04 Å². The van der Waals surface area contributed by atoms with Crippen LogP contribution in [0.25, 0.3) is 0 Å². The third kappa shape index (κ3) is 2.88. The van der Waals surface area contributed by atoms with E-state index >= 15 is 0 Å². The molecule has 2 aromatic heterocycles. The van der Waals surface area contributed by atoms with E-state index in [2.05, 4.69) is 25.6 Å². The van der Waals surface area contributed by atoms with Gasteiger partial charge >= 0.3 is 0 Å². The highest BCUT2D eigenvalue weighted by molar-refractivity contribution is 5.51. The Hall–Kier alpha value is -2.01. The molecule has 0 unspecified atom stereocenters. The van der Waals surface area contributed by atoms with Crippen LogP contribution >= 0.6 is 0 Å². The first-order chi connectivity index (χ1) is 9.31. The highest BCUT2D eigenvalue weighted by atomic mass is 15.1. The van der Waals surface area contributed by atoms with E-state index in [1.165, 1.54) is 6.42 Å². The molecule has 1 aliphatic heterocycles. The van der Waals surface area contributed by atoms with Crippen molar-refractivity contribution < 1.29 is 0 Å². The molecule has 3 heterocycles. The number of nitrogens with zero attached hydrogens (tertiary/aromatic N) is 3. The fraction of sp³-hybridized carbons (Fsp3) is 0.357. The quantitative estimate of drug-likeness (QED) is 0.881. The molecule has 2 N–H and O–H groups in total. The van der Waals surface area contributed by atoms with Gasteiger partial charge in [-0.15, -0.1) is 0 Å². The lowest BCUT2D eigenvalue weighted by Gasteiger charge is -2.12. The molecule has 5 nitrogen and oxygen atoms in total. The lowest BCUT2D eigenvalue weighted by molar-refractivity contribution is 0.623. The molecule has 0 spiro atoms. The Kier molecular flexibility index (Phi) is 3.37. The lowest BCUT2D eigenvalue weighted by atomic mass is 10.1. The lowest BCUT2D eigenvalue weighted by Crippen LogP contribution is -2.15. The Morgan fingerprint density at radius 2 is 2.21 bits per heavy atom. The summed E-state index contributed by atoms with van der Waals surface area (Å²) in [6, 6.07) is 8.12. The summed E-state index contributed by atoms with van der Waals surface area (Å²) in [7, 11) is 0. The summed E-state index contributed by atoms with van der Waals surface area (Å²) in [5.41, 5.74) is 1.06. The maximum absolute atomic E-state index is 4.52. The first-order valence-corrected chi connectivity index (χ1v) is 6.58. The summed E-state index contributed by atoms with van der Waals surface area (Å²) in [6.45, 7) is 2.98. The van der Waals surface area contributed by atoms with Crippen molar-refractivity contribution in [3.05, 3.63) is 42.0 Å². The third-order valence-corrected chi connectivity index (χ3v) is 3.20. The zero-order valence-electron chi connectivity index (χ0n) is 10.9. The van der Waals surface area contributed by atoms with E-state index in [-0.39, 0.29) is 0 Å². The highest BCUT2D eigenvalue weighted by Crippen LogP contribution is 2.23. The van der Waals surface area contributed by atoms with Gasteiger partial charge in [-0.2, -0.15) is 0 Å². The number of pyridine rings is 1. The molecule has 0 amide bonds. The molecule has 0 radical (unpaired) electrons. The molecule has 3 rings (SSSR count). The van der Waals surface area contributed by atoms with Crippen LogP contribution in [0.5, 0.6) is 0 Å². The van der Waals surface area contributed by atoms with Crippen LogP contribution < -0.4 is 10.6 Å². The van der Waals surface area contributed by atoms with Crippen LogP contribution in [-0.2, 0) is 0 Å². The summed E-state index contributed by atoms with van der Waals surface area (Å²) in [4.78, 5) is 13.2. The molecule has 1 aliphatic rings. The van der Waals surface area contributed by atoms with Crippen molar-refractivity contribution in [3.63, 3.8) is 0 Å². The van der Waals surface area contributed by atoms with Crippen molar-refractivity contribution in [2.75, 3.05) is 11.9 Å². The smallest absolute Gasteiger partial charge is 0.135 e. The number of aryl methyl sites for hydroxylation is 1. The minimum Gasteiger partial charge on any atom is -0.325 e. The van der Waals surface area contributed by atoms with Gasteiger partial charge in [-0.3, -0.25) is 0 Å². The number of hydrogen-bond acceptors (Lipinski definition) is 5. The van der Waals surface area contributed by atoms with Crippen molar-refractivity contribution in [2.45, 2.75) is 25.8 Å². The van der Waals surface area contributed by atoms with E-state index in [1.54, 1.807) is 6.20 Å². The normalized spacial score (nSPS) is 18.5. The molecule has 0 aromatic carbocycles. The van der Waals surface area contributed by atoms with Crippen LogP contribution in [0.1, 0.15) is 30.4 Å². The molecular formula is C14H17N5. The van der Waals surface area contributed by atoms with Crippen molar-refractivity contribution in [1.29, 1.82) is 0 Å². The number of anilines is 2. The van der Waals surface area contributed by atoms with Crippen molar-refractivity contribution in [1.82, 2.24) is 20.3 Å². The van der Waals surface area contributed by atoms with Crippen molar-refractivity contribution in [3.8, 4) is 0 Å². The van der Waals surface area contributed by atoms with E-state index < -0.39 is 0 Å². The first-order valence-electron chi connectivity index (χ1n) is 6.58. The second kappa shape index (κ2) is 5.32. The third-order valence-electron chi connectivity index (χ3n) is 3.20. The first kappa shape index (κ1) is 12.0. The summed E-state index contributed by atoms with van der Waals surface area (Å²) in [5, 5.41) is 6.68. The zero-order chi connectivity index (χ0) is 13.1. The Labute approximate surface area is 112 Å². The average Bonchev–Trinajstić information content (AvgIpc) is 2.93. The van der Waals surface area contributed by atoms with Crippen molar-refractivity contribution in [2.24, 2.45) is 0 Å². The van der Waals surface area contributed by atoms with Gasteiger partial charge in [0.05, 0.1) is 5.69 Å². The highest BCUT2D eigenvalue weighted by Gasteiger charge is 2.18. The van der Waals surface area contributed by atoms with Gasteiger partial charge in [0.15, 0.2) is 0 Å². The number of nitrogens with one attached hydrogen (secondary N) is 2. The Balaban J connectivity index is 1.85. The Morgan fingerprint density at radius 3 is 2.95 bits per heavy atom. The van der Waals surface area contributed by atoms with Crippen LogP contribution in [0.2, 0.25) is 0 Å². The maximum atomic E-state index is 4.52. The standard InChI is InChI=1S/C14H17N5/c1-10-17-12(11-5-4-8-15-11)9-14(18-10)19-13-6-2-3-7-16-13/h2-3,6-7,9,11,15H,4-5,8H2,1H3,(H,16,17,18,19)/t11-/m1/s1. The van der Waals surface area contributed by atoms with E-state index in [1.807, 2.05) is 31.2 Å². The number of rotatable bonds is 3. The van der Waals surface area contributed by atoms with Crippen LogP contribution in [0.15, 0.2) is 30.5 Å². The molecule has 2 aromatic rings. The minimum absolute atomic E-state index is 0.353. The maximum Gasteiger partial charge on any atom is 0.135 e. The molecule has 1 fully saturated rings. The van der Waals surface area contributed by atoms with Gasteiger partial charge in [0, 0.05) is 18.3 Å². The predicted molar refractivity (Wildman–Crippen MR) is 74.3 cm³/mol. The summed E-state index contributed by atoms with van der Waals surface area (Å²) >= 11 is 0. The van der Waals surface area contributed by atoms with Gasteiger partial charge in [-0.05, 0) is 38.4 Å². The topological polar surface area (TPSA) is 62.7 Å². The fourth-order valence-corrected chi connectivity index (χ4v) is 2.34. The second-order valence-electron chi connectivity index (χ2n) is 4.71. The molecular weight excluding hydrogens is 238 g/mol. The van der Waals surface area contributed by atoms with Gasteiger partial charge in [0.1, 0.15) is 17.5 Å². The minimum atomic E-state index is 0.353. The monoisotopic (exact) mass is 255 g/mol. The SMILES string of the molecule is Cc1nc(Nc2ccccn2)cc([C@H]2CCCN2)n1. The molecule has 0 aliphatic carbocycles. The van der Waals surface area contributed by atoms with E-state index in [9.17, 15) is 0 Å². The van der Waals surface area contributed by atoms with Gasteiger partial charge in [0.2, 0.25) is 0 Å². The van der Waals surface area contributed by atoms with E-state index in [4.69, 9.17) is 0 Å². The predicted octanol–water partition coefficient (Wildman–Crippen LogP) is 2.35. The van der Waals surface area contributed by atoms with Gasteiger partial charge < -0.3 is 10.6 Å². The fourth-order valence-electron chi connectivity index (χ4n) is 2.34. The average molecular weight is 255 g/mol. The number of hydrogen-bond donors (Lipinski definition) is 2. The van der Waals surface area contributed by atoms with Gasteiger partial charge in [-0.1, -0.05) is 6.07 Å². The molecule has 0 bridgehead atoms. The molecule has 0 saturated carbocycles.